The smallest absolute Gasteiger partial charge is 0.271 e. The number of aromatic nitrogens is 1. The fourth-order valence-electron chi connectivity index (χ4n) is 3.83. The van der Waals surface area contributed by atoms with E-state index in [1.807, 2.05) is 48.5 Å². The van der Waals surface area contributed by atoms with Gasteiger partial charge in [0, 0.05) is 23.7 Å². The number of hydrogen-bond acceptors (Lipinski definition) is 6. The van der Waals surface area contributed by atoms with Gasteiger partial charge in [0.15, 0.2) is 5.58 Å². The van der Waals surface area contributed by atoms with E-state index in [0.717, 1.165) is 21.2 Å². The number of nitrogens with zero attached hydrogens (tertiary/aromatic N) is 3. The third-order valence-electron chi connectivity index (χ3n) is 5.53. The number of carbonyl (C=O) groups is 2. The van der Waals surface area contributed by atoms with E-state index < -0.39 is 11.8 Å². The van der Waals surface area contributed by atoms with Crippen LogP contribution in [-0.2, 0) is 9.59 Å². The zero-order valence-corrected chi connectivity index (χ0v) is 17.4. The van der Waals surface area contributed by atoms with Crippen LogP contribution < -0.4 is 0 Å². The average molecular weight is 423 g/mol. The zero-order valence-electron chi connectivity index (χ0n) is 17.4. The molecule has 2 aromatic heterocycles. The summed E-state index contributed by atoms with van der Waals surface area (Å²) in [6.07, 6.45) is 1.51. The number of likely N-dealkylation sites (N-methyl/N-ethyl adjacent to an activating group) is 1. The minimum absolute atomic E-state index is 0.0512. The maximum absolute atomic E-state index is 12.8. The summed E-state index contributed by atoms with van der Waals surface area (Å²) in [4.78, 5) is 30.5. The molecule has 2 amide bonds. The van der Waals surface area contributed by atoms with Gasteiger partial charge in [0.05, 0.1) is 0 Å². The maximum atomic E-state index is 12.8. The fourth-order valence-corrected chi connectivity index (χ4v) is 3.83. The highest BCUT2D eigenvalue weighted by molar-refractivity contribution is 6.19. The monoisotopic (exact) mass is 423 g/mol. The molecular formula is C25H17N3O4. The third kappa shape index (κ3) is 3.01. The standard InChI is InChI=1S/C25H17N3O4/c1-3-28-24(29)19(14(2)20(13-26)25(28)30)11-18-12-21-23(31-18)27-22(32-21)17-9-8-15-6-4-5-7-16(15)10-17/h4-12H,3H2,1-2H3/b19-11-. The van der Waals surface area contributed by atoms with Crippen molar-refractivity contribution in [3.63, 3.8) is 0 Å². The highest BCUT2D eigenvalue weighted by Gasteiger charge is 2.34. The van der Waals surface area contributed by atoms with Crippen LogP contribution >= 0.6 is 0 Å². The summed E-state index contributed by atoms with van der Waals surface area (Å²) < 4.78 is 11.7. The molecule has 3 heterocycles. The van der Waals surface area contributed by atoms with Crippen molar-refractivity contribution in [1.29, 1.82) is 5.26 Å². The van der Waals surface area contributed by atoms with Crippen molar-refractivity contribution in [1.82, 2.24) is 9.88 Å². The van der Waals surface area contributed by atoms with Crippen molar-refractivity contribution >= 4 is 40.0 Å². The topological polar surface area (TPSA) is 100 Å². The second kappa shape index (κ2) is 7.36. The van der Waals surface area contributed by atoms with Gasteiger partial charge >= 0.3 is 0 Å². The van der Waals surface area contributed by atoms with Crippen molar-refractivity contribution in [3.05, 3.63) is 71.0 Å². The first-order valence-electron chi connectivity index (χ1n) is 10.1. The lowest BCUT2D eigenvalue weighted by Crippen LogP contribution is -2.42. The van der Waals surface area contributed by atoms with E-state index in [4.69, 9.17) is 8.83 Å². The summed E-state index contributed by atoms with van der Waals surface area (Å²) in [5.41, 5.74) is 2.07. The van der Waals surface area contributed by atoms with Gasteiger partial charge in [-0.05, 0) is 48.4 Å². The summed E-state index contributed by atoms with van der Waals surface area (Å²) >= 11 is 0. The average Bonchev–Trinajstić information content (AvgIpc) is 3.36. The van der Waals surface area contributed by atoms with Crippen LogP contribution in [0.15, 0.2) is 74.1 Å². The Labute approximate surface area is 182 Å². The number of hydrogen-bond donors (Lipinski definition) is 0. The largest absolute Gasteiger partial charge is 0.436 e. The van der Waals surface area contributed by atoms with Crippen molar-refractivity contribution in [2.24, 2.45) is 0 Å². The molecule has 0 unspecified atom stereocenters. The number of rotatable bonds is 3. The second-order valence-corrected chi connectivity index (χ2v) is 7.42. The lowest BCUT2D eigenvalue weighted by atomic mass is 9.95. The number of oxazole rings is 1. The molecule has 0 spiro atoms. The Hall–Kier alpha value is -4.44. The molecule has 0 N–H and O–H groups in total. The third-order valence-corrected chi connectivity index (χ3v) is 5.53. The van der Waals surface area contributed by atoms with Crippen LogP contribution in [-0.4, -0.2) is 28.2 Å². The molecule has 0 radical (unpaired) electrons. The van der Waals surface area contributed by atoms with Gasteiger partial charge in [0.1, 0.15) is 17.4 Å². The predicted octanol–water partition coefficient (Wildman–Crippen LogP) is 4.85. The van der Waals surface area contributed by atoms with E-state index >= 15 is 0 Å². The van der Waals surface area contributed by atoms with Crippen LogP contribution in [0.4, 0.5) is 0 Å². The first kappa shape index (κ1) is 19.5. The molecule has 5 rings (SSSR count). The number of imide groups is 1. The van der Waals surface area contributed by atoms with E-state index in [1.54, 1.807) is 19.9 Å². The van der Waals surface area contributed by atoms with Gasteiger partial charge in [-0.15, -0.1) is 0 Å². The number of furan rings is 1. The molecule has 7 heteroatoms. The maximum Gasteiger partial charge on any atom is 0.271 e. The quantitative estimate of drug-likeness (QED) is 0.345. The normalized spacial score (nSPS) is 15.9. The molecule has 0 atom stereocenters. The number of amides is 2. The van der Waals surface area contributed by atoms with Crippen LogP contribution in [0.25, 0.3) is 39.6 Å². The molecule has 7 nitrogen and oxygen atoms in total. The molecule has 32 heavy (non-hydrogen) atoms. The molecular weight excluding hydrogens is 406 g/mol. The van der Waals surface area contributed by atoms with Crippen LogP contribution in [0.3, 0.4) is 0 Å². The molecule has 0 fully saturated rings. The van der Waals surface area contributed by atoms with Crippen molar-refractivity contribution in [2.75, 3.05) is 6.54 Å². The number of nitriles is 1. The van der Waals surface area contributed by atoms with Crippen molar-refractivity contribution in [2.45, 2.75) is 13.8 Å². The van der Waals surface area contributed by atoms with E-state index in [-0.39, 0.29) is 17.7 Å². The first-order valence-corrected chi connectivity index (χ1v) is 10.1. The van der Waals surface area contributed by atoms with E-state index in [2.05, 4.69) is 4.98 Å². The lowest BCUT2D eigenvalue weighted by molar-refractivity contribution is -0.140. The van der Waals surface area contributed by atoms with E-state index in [1.165, 1.54) is 6.08 Å². The van der Waals surface area contributed by atoms with Crippen molar-refractivity contribution in [3.8, 4) is 17.5 Å². The summed E-state index contributed by atoms with van der Waals surface area (Å²) in [6.45, 7) is 3.43. The molecule has 0 bridgehead atoms. The molecule has 1 aliphatic heterocycles. The summed E-state index contributed by atoms with van der Waals surface area (Å²) in [7, 11) is 0. The van der Waals surface area contributed by atoms with Gasteiger partial charge < -0.3 is 8.83 Å². The molecule has 1 aliphatic rings. The van der Waals surface area contributed by atoms with Gasteiger partial charge in [-0.2, -0.15) is 10.2 Å². The molecule has 0 saturated heterocycles. The highest BCUT2D eigenvalue weighted by Crippen LogP contribution is 2.31. The molecule has 0 aliphatic carbocycles. The van der Waals surface area contributed by atoms with Gasteiger partial charge in [0.25, 0.3) is 17.5 Å². The lowest BCUT2D eigenvalue weighted by Gasteiger charge is -2.25. The first-order chi connectivity index (χ1) is 15.5. The molecule has 0 saturated carbocycles. The number of fused-ring (bicyclic) bond motifs is 2. The molecule has 2 aromatic carbocycles. The molecule has 156 valence electrons. The van der Waals surface area contributed by atoms with E-state index in [0.29, 0.717) is 28.5 Å². The van der Waals surface area contributed by atoms with Crippen LogP contribution in [0.2, 0.25) is 0 Å². The Kier molecular flexibility index (Phi) is 4.49. The fraction of sp³-hybridized carbons (Fsp3) is 0.120. The van der Waals surface area contributed by atoms with Gasteiger partial charge in [-0.25, -0.2) is 0 Å². The number of benzene rings is 2. The molecule has 4 aromatic rings. The Balaban J connectivity index is 1.53. The second-order valence-electron chi connectivity index (χ2n) is 7.42. The predicted molar refractivity (Wildman–Crippen MR) is 118 cm³/mol. The van der Waals surface area contributed by atoms with Gasteiger partial charge in [-0.3, -0.25) is 14.5 Å². The van der Waals surface area contributed by atoms with Crippen LogP contribution in [0, 0.1) is 11.3 Å². The summed E-state index contributed by atoms with van der Waals surface area (Å²) in [5, 5.41) is 11.6. The van der Waals surface area contributed by atoms with Crippen LogP contribution in [0.1, 0.15) is 19.6 Å². The van der Waals surface area contributed by atoms with Crippen LogP contribution in [0.5, 0.6) is 0 Å². The SMILES string of the molecule is CCN1C(=O)C(C#N)=C(C)/C(=C/c2cc3oc(-c4ccc5ccccc5c4)nc3o2)C1=O. The summed E-state index contributed by atoms with van der Waals surface area (Å²) in [5.74, 6) is -0.263. The Bertz CT molecular complexity index is 1500. The highest BCUT2D eigenvalue weighted by atomic mass is 16.4. The Morgan fingerprint density at radius 2 is 1.84 bits per heavy atom. The van der Waals surface area contributed by atoms with E-state index in [9.17, 15) is 14.9 Å². The Morgan fingerprint density at radius 1 is 1.06 bits per heavy atom. The van der Waals surface area contributed by atoms with Gasteiger partial charge in [0.2, 0.25) is 5.89 Å². The summed E-state index contributed by atoms with van der Waals surface area (Å²) in [6, 6.07) is 17.5. The van der Waals surface area contributed by atoms with Crippen molar-refractivity contribution < 1.29 is 18.4 Å². The number of carbonyl (C=O) groups excluding carboxylic acids is 2. The Morgan fingerprint density at radius 3 is 2.56 bits per heavy atom. The minimum Gasteiger partial charge on any atom is -0.436 e. The van der Waals surface area contributed by atoms with Gasteiger partial charge in [-0.1, -0.05) is 30.3 Å². The zero-order chi connectivity index (χ0) is 22.4. The minimum atomic E-state index is -0.579.